The van der Waals surface area contributed by atoms with Gasteiger partial charge in [0.25, 0.3) is 0 Å². The zero-order valence-electron chi connectivity index (χ0n) is 18.3. The first-order valence-electron chi connectivity index (χ1n) is 9.97. The van der Waals surface area contributed by atoms with Gasteiger partial charge >= 0.3 is 5.97 Å². The number of nitrogens with zero attached hydrogens (tertiary/aromatic N) is 3. The van der Waals surface area contributed by atoms with Gasteiger partial charge in [-0.15, -0.1) is 16.8 Å². The first kappa shape index (κ1) is 23.9. The van der Waals surface area contributed by atoms with E-state index in [0.717, 1.165) is 5.56 Å². The maximum atomic E-state index is 12.3. The number of hydrogen-bond acceptors (Lipinski definition) is 7. The summed E-state index contributed by atoms with van der Waals surface area (Å²) < 4.78 is 13.1. The van der Waals surface area contributed by atoms with Crippen molar-refractivity contribution in [3.63, 3.8) is 0 Å². The van der Waals surface area contributed by atoms with Gasteiger partial charge in [0.2, 0.25) is 5.91 Å². The van der Waals surface area contributed by atoms with Crippen LogP contribution in [0, 0.1) is 6.92 Å². The maximum absolute atomic E-state index is 12.3. The topological polar surface area (TPSA) is 116 Å². The molecular weight excluding hydrogens is 444 g/mol. The van der Waals surface area contributed by atoms with Gasteiger partial charge in [-0.05, 0) is 48.9 Å². The highest BCUT2D eigenvalue weighted by atomic mass is 32.2. The van der Waals surface area contributed by atoms with E-state index in [2.05, 4.69) is 22.1 Å². The molecule has 0 aliphatic rings. The second-order valence-electron chi connectivity index (χ2n) is 6.96. The van der Waals surface area contributed by atoms with Crippen molar-refractivity contribution < 1.29 is 24.2 Å². The van der Waals surface area contributed by atoms with Crippen molar-refractivity contribution in [2.75, 3.05) is 18.2 Å². The summed E-state index contributed by atoms with van der Waals surface area (Å²) >= 11 is 1.23. The van der Waals surface area contributed by atoms with Crippen LogP contribution in [0.2, 0.25) is 0 Å². The largest absolute Gasteiger partial charge is 0.493 e. The van der Waals surface area contributed by atoms with Crippen LogP contribution in [0.25, 0.3) is 0 Å². The van der Waals surface area contributed by atoms with E-state index in [0.29, 0.717) is 34.7 Å². The molecule has 2 aromatic carbocycles. The molecule has 0 aliphatic carbocycles. The van der Waals surface area contributed by atoms with Crippen LogP contribution < -0.4 is 14.8 Å². The molecule has 0 aliphatic heterocycles. The number of carboxylic acid groups (broad SMARTS) is 1. The Labute approximate surface area is 195 Å². The van der Waals surface area contributed by atoms with Crippen LogP contribution in [-0.4, -0.2) is 44.6 Å². The van der Waals surface area contributed by atoms with Crippen molar-refractivity contribution in [1.82, 2.24) is 14.8 Å². The number of nitrogens with one attached hydrogen (secondary N) is 1. The second kappa shape index (κ2) is 11.2. The molecule has 10 heteroatoms. The Morgan fingerprint density at radius 2 is 1.94 bits per heavy atom. The summed E-state index contributed by atoms with van der Waals surface area (Å²) in [5.41, 5.74) is 1.72. The molecule has 2 N–H and O–H groups in total. The quantitative estimate of drug-likeness (QED) is 0.323. The van der Waals surface area contributed by atoms with Crippen LogP contribution in [0.1, 0.15) is 21.7 Å². The van der Waals surface area contributed by atoms with Gasteiger partial charge in [-0.3, -0.25) is 9.36 Å². The predicted molar refractivity (Wildman–Crippen MR) is 125 cm³/mol. The zero-order chi connectivity index (χ0) is 23.8. The van der Waals surface area contributed by atoms with Crippen LogP contribution in [0.15, 0.2) is 60.3 Å². The Morgan fingerprint density at radius 3 is 2.61 bits per heavy atom. The van der Waals surface area contributed by atoms with E-state index in [4.69, 9.17) is 14.6 Å². The van der Waals surface area contributed by atoms with E-state index < -0.39 is 5.97 Å². The summed E-state index contributed by atoms with van der Waals surface area (Å²) in [6, 6.07) is 11.6. The number of aryl methyl sites for hydroxylation is 1. The minimum Gasteiger partial charge on any atom is -0.493 e. The van der Waals surface area contributed by atoms with Crippen molar-refractivity contribution in [3.8, 4) is 11.5 Å². The van der Waals surface area contributed by atoms with Crippen LogP contribution in [-0.2, 0) is 17.9 Å². The molecule has 0 atom stereocenters. The van der Waals surface area contributed by atoms with E-state index in [1.54, 1.807) is 25.3 Å². The van der Waals surface area contributed by atoms with Gasteiger partial charge in [-0.25, -0.2) is 4.79 Å². The highest BCUT2D eigenvalue weighted by Crippen LogP contribution is 2.28. The lowest BCUT2D eigenvalue weighted by atomic mass is 10.2. The van der Waals surface area contributed by atoms with Gasteiger partial charge in [0.15, 0.2) is 22.5 Å². The number of ether oxygens (including phenoxy) is 2. The smallest absolute Gasteiger partial charge is 0.335 e. The molecule has 0 fully saturated rings. The molecular formula is C23H24N4O5S. The fourth-order valence-electron chi connectivity index (χ4n) is 2.90. The molecule has 0 radical (unpaired) electrons. The maximum Gasteiger partial charge on any atom is 0.335 e. The number of aromatic nitrogens is 3. The second-order valence-corrected chi connectivity index (χ2v) is 7.90. The summed E-state index contributed by atoms with van der Waals surface area (Å²) in [6.07, 6.45) is 1.72. The molecule has 0 spiro atoms. The average Bonchev–Trinajstić information content (AvgIpc) is 3.18. The molecule has 3 rings (SSSR count). The Balaban J connectivity index is 1.62. The number of benzene rings is 2. The molecule has 0 unspecified atom stereocenters. The number of methoxy groups -OCH3 is 1. The van der Waals surface area contributed by atoms with Gasteiger partial charge in [-0.1, -0.05) is 23.9 Å². The van der Waals surface area contributed by atoms with Gasteiger partial charge in [-0.2, -0.15) is 0 Å². The van der Waals surface area contributed by atoms with Crippen molar-refractivity contribution >= 4 is 29.3 Å². The Kier molecular flexibility index (Phi) is 8.09. The summed E-state index contributed by atoms with van der Waals surface area (Å²) in [5, 5.41) is 20.6. The number of thioether (sulfide) groups is 1. The van der Waals surface area contributed by atoms with Crippen LogP contribution in [0.4, 0.5) is 5.69 Å². The minimum absolute atomic E-state index is 0.0998. The first-order valence-corrected chi connectivity index (χ1v) is 11.0. The number of carbonyl (C=O) groups excluding carboxylic acids is 1. The highest BCUT2D eigenvalue weighted by Gasteiger charge is 2.15. The van der Waals surface area contributed by atoms with Gasteiger partial charge in [0, 0.05) is 12.2 Å². The number of aromatic carboxylic acids is 1. The molecule has 1 amide bonds. The van der Waals surface area contributed by atoms with Crippen molar-refractivity contribution in [2.45, 2.75) is 25.2 Å². The monoisotopic (exact) mass is 468 g/mol. The number of hydrogen-bond donors (Lipinski definition) is 2. The zero-order valence-corrected chi connectivity index (χ0v) is 19.1. The summed E-state index contributed by atoms with van der Waals surface area (Å²) in [5.74, 6) is 0.641. The van der Waals surface area contributed by atoms with E-state index in [1.807, 2.05) is 29.7 Å². The van der Waals surface area contributed by atoms with Crippen molar-refractivity contribution in [3.05, 3.63) is 72.1 Å². The number of amides is 1. The number of carbonyl (C=O) groups is 2. The van der Waals surface area contributed by atoms with Crippen molar-refractivity contribution in [1.29, 1.82) is 0 Å². The highest BCUT2D eigenvalue weighted by molar-refractivity contribution is 7.99. The Morgan fingerprint density at radius 1 is 1.18 bits per heavy atom. The molecule has 0 saturated carbocycles. The van der Waals surface area contributed by atoms with Crippen LogP contribution in [0.5, 0.6) is 11.5 Å². The molecule has 33 heavy (non-hydrogen) atoms. The van der Waals surface area contributed by atoms with E-state index >= 15 is 0 Å². The Bertz CT molecular complexity index is 1140. The van der Waals surface area contributed by atoms with Gasteiger partial charge in [0.1, 0.15) is 6.61 Å². The number of allylic oxidation sites excluding steroid dienone is 1. The third-order valence-electron chi connectivity index (χ3n) is 4.53. The third kappa shape index (κ3) is 6.36. The average molecular weight is 469 g/mol. The van der Waals surface area contributed by atoms with Crippen LogP contribution >= 0.6 is 11.8 Å². The Hall–Kier alpha value is -3.79. The van der Waals surface area contributed by atoms with E-state index in [9.17, 15) is 9.59 Å². The minimum atomic E-state index is -1.02. The molecule has 3 aromatic rings. The summed E-state index contributed by atoms with van der Waals surface area (Å²) in [6.45, 7) is 6.37. The van der Waals surface area contributed by atoms with Crippen LogP contribution in [0.3, 0.4) is 0 Å². The number of carboxylic acids is 1. The SMILES string of the molecule is C=CCn1c(COc2ccc(C)cc2OC)nnc1SCC(=O)Nc1ccc(C(=O)O)cc1. The lowest BCUT2D eigenvalue weighted by Crippen LogP contribution is -2.15. The summed E-state index contributed by atoms with van der Waals surface area (Å²) in [7, 11) is 1.59. The van der Waals surface area contributed by atoms with Crippen molar-refractivity contribution in [2.24, 2.45) is 0 Å². The molecule has 1 aromatic heterocycles. The van der Waals surface area contributed by atoms with E-state index in [-0.39, 0.29) is 23.8 Å². The molecule has 172 valence electrons. The number of rotatable bonds is 11. The third-order valence-corrected chi connectivity index (χ3v) is 5.50. The first-order chi connectivity index (χ1) is 15.9. The normalized spacial score (nSPS) is 10.5. The lowest BCUT2D eigenvalue weighted by molar-refractivity contribution is -0.113. The predicted octanol–water partition coefficient (Wildman–Crippen LogP) is 3.79. The lowest BCUT2D eigenvalue weighted by Gasteiger charge is -2.12. The fourth-order valence-corrected chi connectivity index (χ4v) is 3.67. The molecule has 0 saturated heterocycles. The molecule has 9 nitrogen and oxygen atoms in total. The van der Waals surface area contributed by atoms with Gasteiger partial charge < -0.3 is 19.9 Å². The summed E-state index contributed by atoms with van der Waals surface area (Å²) in [4.78, 5) is 23.3. The standard InChI is InChI=1S/C23H24N4O5S/c1-4-11-27-20(13-32-18-10-5-15(2)12-19(18)31-3)25-26-23(27)33-14-21(28)24-17-8-6-16(7-9-17)22(29)30/h4-10,12H,1,11,13-14H2,2-3H3,(H,24,28)(H,29,30). The number of anilines is 1. The van der Waals surface area contributed by atoms with E-state index in [1.165, 1.54) is 23.9 Å². The van der Waals surface area contributed by atoms with Gasteiger partial charge in [0.05, 0.1) is 18.4 Å². The molecule has 0 bridgehead atoms. The molecule has 1 heterocycles. The fraction of sp³-hybridized carbons (Fsp3) is 0.217.